The van der Waals surface area contributed by atoms with Crippen LogP contribution in [0.25, 0.3) is 0 Å². The number of aliphatic hydroxyl groups excluding tert-OH is 1. The standard InChI is InChI=1S/C15H24N2O5/c1-15(2,3)22-14(19)17-11-7-13(21-5)12(20-4)6-9(11)10(16)8-18/h6-7,10,18H,8,16H2,1-5H3,(H,17,19). The molecular weight excluding hydrogens is 288 g/mol. The Bertz CT molecular complexity index is 525. The van der Waals surface area contributed by atoms with Crippen molar-refractivity contribution < 1.29 is 24.1 Å². The van der Waals surface area contributed by atoms with Crippen LogP contribution in [0.5, 0.6) is 11.5 Å². The molecule has 0 bridgehead atoms. The molecule has 0 saturated carbocycles. The van der Waals surface area contributed by atoms with E-state index in [0.29, 0.717) is 22.7 Å². The minimum Gasteiger partial charge on any atom is -0.493 e. The summed E-state index contributed by atoms with van der Waals surface area (Å²) >= 11 is 0. The van der Waals surface area contributed by atoms with Crippen LogP contribution in [0.1, 0.15) is 32.4 Å². The van der Waals surface area contributed by atoms with E-state index in [-0.39, 0.29) is 6.61 Å². The molecule has 0 aliphatic rings. The third kappa shape index (κ3) is 4.78. The number of amides is 1. The Hall–Kier alpha value is -1.99. The maximum absolute atomic E-state index is 11.9. The van der Waals surface area contributed by atoms with E-state index >= 15 is 0 Å². The van der Waals surface area contributed by atoms with Gasteiger partial charge in [-0.05, 0) is 32.4 Å². The number of anilines is 1. The Kier molecular flexibility index (Phi) is 6.01. The third-order valence-corrected chi connectivity index (χ3v) is 2.79. The number of methoxy groups -OCH3 is 2. The van der Waals surface area contributed by atoms with Crippen molar-refractivity contribution in [2.75, 3.05) is 26.1 Å². The van der Waals surface area contributed by atoms with Crippen molar-refractivity contribution in [1.29, 1.82) is 0 Å². The van der Waals surface area contributed by atoms with Gasteiger partial charge >= 0.3 is 6.09 Å². The van der Waals surface area contributed by atoms with Gasteiger partial charge in [-0.15, -0.1) is 0 Å². The molecule has 1 rings (SSSR count). The Labute approximate surface area is 130 Å². The van der Waals surface area contributed by atoms with Crippen molar-refractivity contribution in [3.63, 3.8) is 0 Å². The number of hydrogen-bond donors (Lipinski definition) is 3. The Balaban J connectivity index is 3.17. The van der Waals surface area contributed by atoms with Crippen LogP contribution in [0, 0.1) is 0 Å². The van der Waals surface area contributed by atoms with Crippen LogP contribution in [-0.2, 0) is 4.74 Å². The molecule has 1 amide bonds. The van der Waals surface area contributed by atoms with Gasteiger partial charge < -0.3 is 25.1 Å². The van der Waals surface area contributed by atoms with Crippen molar-refractivity contribution in [3.05, 3.63) is 17.7 Å². The molecule has 22 heavy (non-hydrogen) atoms. The number of benzene rings is 1. The predicted octanol–water partition coefficient (Wildman–Crippen LogP) is 2.04. The number of nitrogens with one attached hydrogen (secondary N) is 1. The van der Waals surface area contributed by atoms with Crippen molar-refractivity contribution in [2.45, 2.75) is 32.4 Å². The van der Waals surface area contributed by atoms with Gasteiger partial charge in [0.05, 0.1) is 32.6 Å². The molecule has 0 saturated heterocycles. The number of carbonyl (C=O) groups excluding carboxylic acids is 1. The van der Waals surface area contributed by atoms with Crippen LogP contribution >= 0.6 is 0 Å². The summed E-state index contributed by atoms with van der Waals surface area (Å²) in [6, 6.07) is 2.52. The summed E-state index contributed by atoms with van der Waals surface area (Å²) in [5.74, 6) is 0.888. The lowest BCUT2D eigenvalue weighted by Crippen LogP contribution is -2.28. The second kappa shape index (κ2) is 7.33. The highest BCUT2D eigenvalue weighted by Gasteiger charge is 2.21. The Morgan fingerprint density at radius 2 is 1.82 bits per heavy atom. The van der Waals surface area contributed by atoms with E-state index < -0.39 is 17.7 Å². The molecule has 0 heterocycles. The molecule has 1 aromatic carbocycles. The zero-order valence-electron chi connectivity index (χ0n) is 13.6. The van der Waals surface area contributed by atoms with E-state index in [1.54, 1.807) is 32.9 Å². The number of rotatable bonds is 5. The van der Waals surface area contributed by atoms with E-state index in [2.05, 4.69) is 5.32 Å². The van der Waals surface area contributed by atoms with E-state index in [9.17, 15) is 9.90 Å². The zero-order valence-corrected chi connectivity index (χ0v) is 13.6. The molecule has 1 aromatic rings. The summed E-state index contributed by atoms with van der Waals surface area (Å²) in [5.41, 5.74) is 6.17. The van der Waals surface area contributed by atoms with Crippen LogP contribution in [0.3, 0.4) is 0 Å². The monoisotopic (exact) mass is 312 g/mol. The van der Waals surface area contributed by atoms with Gasteiger partial charge in [0.1, 0.15) is 5.60 Å². The van der Waals surface area contributed by atoms with Crippen molar-refractivity contribution >= 4 is 11.8 Å². The van der Waals surface area contributed by atoms with Crippen molar-refractivity contribution in [1.82, 2.24) is 0 Å². The van der Waals surface area contributed by atoms with Crippen LogP contribution in [0.15, 0.2) is 12.1 Å². The van der Waals surface area contributed by atoms with E-state index in [4.69, 9.17) is 19.9 Å². The van der Waals surface area contributed by atoms with Crippen LogP contribution in [-0.4, -0.2) is 37.6 Å². The fourth-order valence-corrected chi connectivity index (χ4v) is 1.82. The van der Waals surface area contributed by atoms with Crippen LogP contribution in [0.4, 0.5) is 10.5 Å². The van der Waals surface area contributed by atoms with Gasteiger partial charge in [0.25, 0.3) is 0 Å². The molecule has 7 nitrogen and oxygen atoms in total. The molecule has 0 fully saturated rings. The zero-order chi connectivity index (χ0) is 16.9. The largest absolute Gasteiger partial charge is 0.493 e. The predicted molar refractivity (Wildman–Crippen MR) is 83.4 cm³/mol. The quantitative estimate of drug-likeness (QED) is 0.769. The number of ether oxygens (including phenoxy) is 3. The minimum absolute atomic E-state index is 0.279. The lowest BCUT2D eigenvalue weighted by Gasteiger charge is -2.22. The van der Waals surface area contributed by atoms with Gasteiger partial charge in [0.2, 0.25) is 0 Å². The highest BCUT2D eigenvalue weighted by molar-refractivity contribution is 5.87. The number of nitrogens with two attached hydrogens (primary N) is 1. The second-order valence-electron chi connectivity index (χ2n) is 5.71. The van der Waals surface area contributed by atoms with Gasteiger partial charge in [0.15, 0.2) is 11.5 Å². The molecule has 7 heteroatoms. The smallest absolute Gasteiger partial charge is 0.412 e. The number of aliphatic hydroxyl groups is 1. The highest BCUT2D eigenvalue weighted by atomic mass is 16.6. The molecule has 0 radical (unpaired) electrons. The van der Waals surface area contributed by atoms with Crippen LogP contribution < -0.4 is 20.5 Å². The van der Waals surface area contributed by atoms with E-state index in [0.717, 1.165) is 0 Å². The average molecular weight is 312 g/mol. The lowest BCUT2D eigenvalue weighted by molar-refractivity contribution is 0.0635. The SMILES string of the molecule is COc1cc(NC(=O)OC(C)(C)C)c(C(N)CO)cc1OC. The summed E-state index contributed by atoms with van der Waals surface area (Å²) in [7, 11) is 2.98. The van der Waals surface area contributed by atoms with Gasteiger partial charge in [-0.2, -0.15) is 0 Å². The van der Waals surface area contributed by atoms with Crippen LogP contribution in [0.2, 0.25) is 0 Å². The van der Waals surface area contributed by atoms with E-state index in [1.165, 1.54) is 14.2 Å². The Morgan fingerprint density at radius 1 is 1.27 bits per heavy atom. The summed E-state index contributed by atoms with van der Waals surface area (Å²) in [5, 5.41) is 11.9. The molecule has 124 valence electrons. The summed E-state index contributed by atoms with van der Waals surface area (Å²) in [6.07, 6.45) is -0.619. The summed E-state index contributed by atoms with van der Waals surface area (Å²) in [6.45, 7) is 5.02. The normalized spacial score (nSPS) is 12.5. The van der Waals surface area contributed by atoms with E-state index in [1.807, 2.05) is 0 Å². The molecule has 0 aromatic heterocycles. The van der Waals surface area contributed by atoms with Gasteiger partial charge in [0, 0.05) is 6.07 Å². The van der Waals surface area contributed by atoms with Crippen molar-refractivity contribution in [3.8, 4) is 11.5 Å². The topological polar surface area (TPSA) is 103 Å². The highest BCUT2D eigenvalue weighted by Crippen LogP contribution is 2.35. The average Bonchev–Trinajstić information content (AvgIpc) is 2.43. The fourth-order valence-electron chi connectivity index (χ4n) is 1.82. The first-order valence-corrected chi connectivity index (χ1v) is 6.84. The molecule has 1 unspecified atom stereocenters. The third-order valence-electron chi connectivity index (χ3n) is 2.79. The Morgan fingerprint density at radius 3 is 2.27 bits per heavy atom. The van der Waals surface area contributed by atoms with Gasteiger partial charge in [-0.25, -0.2) is 4.79 Å². The maximum atomic E-state index is 11.9. The number of carbonyl (C=O) groups is 1. The molecule has 1 atom stereocenters. The first-order valence-electron chi connectivity index (χ1n) is 6.84. The van der Waals surface area contributed by atoms with Gasteiger partial charge in [-0.3, -0.25) is 5.32 Å². The molecular formula is C15H24N2O5. The first-order chi connectivity index (χ1) is 10.2. The maximum Gasteiger partial charge on any atom is 0.412 e. The molecule has 0 spiro atoms. The molecule has 0 aliphatic heterocycles. The van der Waals surface area contributed by atoms with Crippen molar-refractivity contribution in [2.24, 2.45) is 5.73 Å². The minimum atomic E-state index is -0.676. The number of hydrogen-bond acceptors (Lipinski definition) is 6. The summed E-state index contributed by atoms with van der Waals surface area (Å²) in [4.78, 5) is 11.9. The lowest BCUT2D eigenvalue weighted by atomic mass is 10.0. The molecule has 0 aliphatic carbocycles. The first kappa shape index (κ1) is 18.1. The fraction of sp³-hybridized carbons (Fsp3) is 0.533. The molecule has 4 N–H and O–H groups in total. The summed E-state index contributed by atoms with van der Waals surface area (Å²) < 4.78 is 15.6. The van der Waals surface area contributed by atoms with Gasteiger partial charge in [-0.1, -0.05) is 0 Å². The second-order valence-corrected chi connectivity index (χ2v) is 5.71.